The molecule has 2 N–H and O–H groups in total. The number of nitrogens with one attached hydrogen (secondary N) is 1. The molecule has 10 heteroatoms. The van der Waals surface area contributed by atoms with Gasteiger partial charge in [-0.15, -0.1) is 13.2 Å². The van der Waals surface area contributed by atoms with Crippen LogP contribution in [-0.4, -0.2) is 16.5 Å². The first-order valence-electron chi connectivity index (χ1n) is 5.87. The third-order valence-corrected chi connectivity index (χ3v) is 2.70. The van der Waals surface area contributed by atoms with Gasteiger partial charge in [-0.25, -0.2) is 0 Å². The Labute approximate surface area is 124 Å². The second-order valence-electron chi connectivity index (χ2n) is 4.31. The second-order valence-corrected chi connectivity index (χ2v) is 4.31. The summed E-state index contributed by atoms with van der Waals surface area (Å²) in [6.45, 7) is 0. The van der Waals surface area contributed by atoms with Gasteiger partial charge < -0.3 is 14.8 Å². The molecule has 0 radical (unpaired) electrons. The minimum absolute atomic E-state index is 0.209. The Bertz CT molecular complexity index is 779. The van der Waals surface area contributed by atoms with E-state index < -0.39 is 46.4 Å². The third kappa shape index (κ3) is 3.76. The van der Waals surface area contributed by atoms with Gasteiger partial charge in [0.15, 0.2) is 0 Å². The number of pyridine rings is 1. The van der Waals surface area contributed by atoms with Crippen molar-refractivity contribution in [2.24, 2.45) is 0 Å². The Morgan fingerprint density at radius 1 is 1.04 bits per heavy atom. The quantitative estimate of drug-likeness (QED) is 0.821. The fraction of sp³-hybridized carbons (Fsp3) is 0.154. The summed E-state index contributed by atoms with van der Waals surface area (Å²) in [5, 5.41) is 9.65. The number of aromatic amines is 1. The highest BCUT2D eigenvalue weighted by atomic mass is 19.4. The third-order valence-electron chi connectivity index (χ3n) is 2.70. The summed E-state index contributed by atoms with van der Waals surface area (Å²) in [6, 6.07) is 4.47. The maximum absolute atomic E-state index is 12.5. The Morgan fingerprint density at radius 2 is 1.65 bits per heavy atom. The Balaban J connectivity index is 2.63. The summed E-state index contributed by atoms with van der Waals surface area (Å²) in [5.41, 5.74) is -4.20. The molecule has 1 aromatic carbocycles. The summed E-state index contributed by atoms with van der Waals surface area (Å²) in [6.07, 6.45) is -10.0. The van der Waals surface area contributed by atoms with Gasteiger partial charge in [-0.3, -0.25) is 4.79 Å². The van der Waals surface area contributed by atoms with Crippen molar-refractivity contribution in [1.82, 2.24) is 4.98 Å². The van der Waals surface area contributed by atoms with Crippen LogP contribution >= 0.6 is 0 Å². The molecule has 2 rings (SSSR count). The van der Waals surface area contributed by atoms with Crippen LogP contribution < -0.4 is 10.3 Å². The van der Waals surface area contributed by atoms with Gasteiger partial charge in [-0.1, -0.05) is 18.2 Å². The van der Waals surface area contributed by atoms with Crippen LogP contribution in [0.4, 0.5) is 26.3 Å². The van der Waals surface area contributed by atoms with Gasteiger partial charge in [0.2, 0.25) is 0 Å². The molecule has 0 bridgehead atoms. The Hall–Kier alpha value is -2.65. The second kappa shape index (κ2) is 5.52. The average molecular weight is 339 g/mol. The molecule has 0 aliphatic heterocycles. The van der Waals surface area contributed by atoms with E-state index in [9.17, 15) is 36.2 Å². The molecule has 0 saturated heterocycles. The fourth-order valence-corrected chi connectivity index (χ4v) is 1.85. The Kier molecular flexibility index (Phi) is 4.01. The predicted octanol–water partition coefficient (Wildman–Crippen LogP) is 3.66. The first kappa shape index (κ1) is 16.7. The van der Waals surface area contributed by atoms with Gasteiger partial charge in [-0.05, 0) is 6.07 Å². The highest BCUT2D eigenvalue weighted by Gasteiger charge is 2.35. The van der Waals surface area contributed by atoms with Crippen LogP contribution in [-0.2, 0) is 6.18 Å². The maximum Gasteiger partial charge on any atom is 0.573 e. The maximum atomic E-state index is 12.5. The van der Waals surface area contributed by atoms with E-state index in [1.165, 1.54) is 17.1 Å². The molecule has 2 aromatic rings. The molecule has 0 aliphatic rings. The molecule has 0 aliphatic carbocycles. The lowest BCUT2D eigenvalue weighted by Gasteiger charge is -2.14. The van der Waals surface area contributed by atoms with Gasteiger partial charge in [0, 0.05) is 11.6 Å². The minimum atomic E-state index is -5.08. The number of alkyl halides is 6. The number of benzene rings is 1. The average Bonchev–Trinajstić information content (AvgIpc) is 2.37. The smallest absolute Gasteiger partial charge is 0.507 e. The number of H-pyrrole nitrogens is 1. The molecular weight excluding hydrogens is 332 g/mol. The van der Waals surface area contributed by atoms with E-state index in [1.807, 2.05) is 0 Å². The topological polar surface area (TPSA) is 62.3 Å². The summed E-state index contributed by atoms with van der Waals surface area (Å²) in [7, 11) is 0. The van der Waals surface area contributed by atoms with Crippen LogP contribution in [0, 0.1) is 0 Å². The molecule has 0 spiro atoms. The summed E-state index contributed by atoms with van der Waals surface area (Å²) in [5.74, 6) is -1.96. The lowest BCUT2D eigenvalue weighted by molar-refractivity contribution is -0.274. The zero-order valence-corrected chi connectivity index (χ0v) is 10.9. The van der Waals surface area contributed by atoms with E-state index in [0.29, 0.717) is 0 Å². The van der Waals surface area contributed by atoms with Gasteiger partial charge in [0.25, 0.3) is 5.56 Å². The monoisotopic (exact) mass is 339 g/mol. The van der Waals surface area contributed by atoms with Crippen molar-refractivity contribution in [2.45, 2.75) is 12.5 Å². The molecule has 0 saturated carbocycles. The zero-order valence-electron chi connectivity index (χ0n) is 10.9. The van der Waals surface area contributed by atoms with E-state index in [4.69, 9.17) is 0 Å². The molecule has 23 heavy (non-hydrogen) atoms. The molecule has 0 amide bonds. The number of para-hydroxylation sites is 1. The number of hydrogen-bond acceptors (Lipinski definition) is 3. The lowest BCUT2D eigenvalue weighted by atomic mass is 10.0. The molecule has 0 unspecified atom stereocenters. The number of halogens is 6. The first-order chi connectivity index (χ1) is 10.5. The minimum Gasteiger partial charge on any atom is -0.507 e. The van der Waals surface area contributed by atoms with E-state index in [-0.39, 0.29) is 6.07 Å². The van der Waals surface area contributed by atoms with Crippen molar-refractivity contribution >= 4 is 0 Å². The number of hydrogen-bond donors (Lipinski definition) is 2. The van der Waals surface area contributed by atoms with Crippen molar-refractivity contribution in [3.05, 3.63) is 46.4 Å². The van der Waals surface area contributed by atoms with Crippen LogP contribution in [0.5, 0.6) is 11.5 Å². The molecular formula is C13H7F6NO3. The number of aromatic nitrogens is 1. The largest absolute Gasteiger partial charge is 0.573 e. The summed E-state index contributed by atoms with van der Waals surface area (Å²) in [4.78, 5) is 13.2. The van der Waals surface area contributed by atoms with Crippen LogP contribution in [0.3, 0.4) is 0 Å². The van der Waals surface area contributed by atoms with Gasteiger partial charge >= 0.3 is 12.5 Å². The molecule has 1 aromatic heterocycles. The van der Waals surface area contributed by atoms with E-state index in [0.717, 1.165) is 12.1 Å². The number of rotatable bonds is 2. The fourth-order valence-electron chi connectivity index (χ4n) is 1.85. The van der Waals surface area contributed by atoms with Gasteiger partial charge in [0.05, 0.1) is 5.56 Å². The van der Waals surface area contributed by atoms with E-state index in [1.54, 1.807) is 0 Å². The van der Waals surface area contributed by atoms with Crippen molar-refractivity contribution in [3.8, 4) is 22.6 Å². The van der Waals surface area contributed by atoms with Crippen molar-refractivity contribution < 1.29 is 36.2 Å². The SMILES string of the molecule is O=c1[nH]c(C(F)(F)F)cc(O)c1-c1ccccc1OC(F)(F)F. The van der Waals surface area contributed by atoms with E-state index in [2.05, 4.69) is 4.74 Å². The highest BCUT2D eigenvalue weighted by molar-refractivity contribution is 5.74. The summed E-state index contributed by atoms with van der Waals surface area (Å²) < 4.78 is 78.3. The molecule has 4 nitrogen and oxygen atoms in total. The molecule has 124 valence electrons. The van der Waals surface area contributed by atoms with E-state index >= 15 is 0 Å². The van der Waals surface area contributed by atoms with Crippen molar-refractivity contribution in [2.75, 3.05) is 0 Å². The van der Waals surface area contributed by atoms with Crippen molar-refractivity contribution in [1.29, 1.82) is 0 Å². The van der Waals surface area contributed by atoms with Crippen LogP contribution in [0.25, 0.3) is 11.1 Å². The van der Waals surface area contributed by atoms with Gasteiger partial charge in [0.1, 0.15) is 17.2 Å². The summed E-state index contributed by atoms with van der Waals surface area (Å²) >= 11 is 0. The normalized spacial score (nSPS) is 12.3. The van der Waals surface area contributed by atoms with Crippen LogP contribution in [0.1, 0.15) is 5.69 Å². The standard InChI is InChI=1S/C13H7F6NO3/c14-12(15,16)9-5-7(21)10(11(22)20-9)6-3-1-2-4-8(6)23-13(17,18)19/h1-5H,(H2,20,21,22). The Morgan fingerprint density at radius 3 is 2.17 bits per heavy atom. The zero-order chi connectivity index (χ0) is 17.4. The molecule has 0 atom stereocenters. The molecule has 1 heterocycles. The van der Waals surface area contributed by atoms with Crippen LogP contribution in [0.15, 0.2) is 35.1 Å². The predicted molar refractivity (Wildman–Crippen MR) is 65.8 cm³/mol. The van der Waals surface area contributed by atoms with Gasteiger partial charge in [-0.2, -0.15) is 13.2 Å². The lowest BCUT2D eigenvalue weighted by Crippen LogP contribution is -2.20. The number of ether oxygens (including phenoxy) is 1. The molecule has 0 fully saturated rings. The first-order valence-corrected chi connectivity index (χ1v) is 5.87. The van der Waals surface area contributed by atoms with Crippen molar-refractivity contribution in [3.63, 3.8) is 0 Å². The number of aromatic hydroxyl groups is 1. The van der Waals surface area contributed by atoms with Crippen LogP contribution in [0.2, 0.25) is 0 Å². The highest BCUT2D eigenvalue weighted by Crippen LogP contribution is 2.37.